The summed E-state index contributed by atoms with van der Waals surface area (Å²) in [7, 11) is 0. The Morgan fingerprint density at radius 1 is 0.447 bits per heavy atom. The molecule has 5 unspecified atom stereocenters. The van der Waals surface area contributed by atoms with Gasteiger partial charge >= 0.3 is 53.9 Å². The number of nitrogens with zero attached hydrogens (tertiary/aromatic N) is 1. The van der Waals surface area contributed by atoms with Gasteiger partial charge in [0.15, 0.2) is 0 Å². The first-order chi connectivity index (χ1) is 62.4. The predicted octanol–water partition coefficient (Wildman–Crippen LogP) is 18.3. The molecule has 0 radical (unpaired) electrons. The van der Waals surface area contributed by atoms with Gasteiger partial charge in [0.05, 0.1) is 67.0 Å². The fourth-order valence-corrected chi connectivity index (χ4v) is 20.8. The number of hydrogen-bond acceptors (Lipinski definition) is 19. The second-order valence-electron chi connectivity index (χ2n) is 42.7. The number of benzene rings is 6. The number of aliphatic hydroxyl groups is 2. The number of ether oxygens (including phenoxy) is 2. The van der Waals surface area contributed by atoms with Gasteiger partial charge in [-0.25, -0.2) is 0 Å². The van der Waals surface area contributed by atoms with E-state index in [1.807, 2.05) is 259 Å². The number of nitrogens with one attached hydrogen (secondary N) is 3. The van der Waals surface area contributed by atoms with E-state index in [0.717, 1.165) is 146 Å². The first kappa shape index (κ1) is 141. The van der Waals surface area contributed by atoms with Crippen molar-refractivity contribution < 1.29 is 104 Å². The van der Waals surface area contributed by atoms with Crippen molar-refractivity contribution in [3.05, 3.63) is 229 Å². The van der Waals surface area contributed by atoms with E-state index >= 15 is 0 Å². The van der Waals surface area contributed by atoms with Gasteiger partial charge in [-0.05, 0) is 341 Å². The van der Waals surface area contributed by atoms with Crippen molar-refractivity contribution in [2.24, 2.45) is 15.3 Å². The number of esters is 2. The zero-order chi connectivity index (χ0) is 102. The van der Waals surface area contributed by atoms with Gasteiger partial charge < -0.3 is 82.5 Å². The standard InChI is InChI=1S/2C19H28ClNO3S.C19H30ClNO2S.C15H20ClNOS.C15H22ClNO.C11H11ClO.C4H11NOS.C3H6O.CH3.BrH.ClH.FH.Li.Mg.H2/c2*1-5-24-17(22)13-16(21-25(23)18(2,3)4)19(11-6-12-19)14-7-9-15(20)10-8-14;1-17(2,3)24(23)21-16(13-18(4,5)22)19(11-6-12-19)14-7-9-15(20)10-8-14;1-14(2,3)19(18)17-11-15(9-4-10-15)12-5-7-13(16)8-6-12;1-14(2,18)10-13(17)15(8-3-9-15)11-4-6-12(16)7-5-11;12-10-4-2-9(3-5-10)11(8-13)6-1-7-11;1-4(2,3)7(5)6;1-3(2)4;;;;;;;/h2*7-10,16,21H,5-6,11-13H2,1-4H3;7-10,16,21-22H,6,11-13H2,1-5H3;5-8,11H,4,9-10H2,1-3H3;4-7,13,18H,3,8-10,17H2,1-2H3;2-5,8H,1,6-7H2;5H2,1-3H3;4H,1H2,2H3;1H3;3*1H;;;1H/q;;;;;;;;-1;;;;+1;+2;/p-2/t2*16-,25?;16-,24?;;13-;;;;;;;;;;/m100.0........../s1/i;;;;;;;;;;;;;;1+2. The number of nitrogens with two attached hydrogens (primary N) is 2. The van der Waals surface area contributed by atoms with Crippen LogP contribution in [-0.2, 0) is 113 Å². The first-order valence-electron chi connectivity index (χ1n) is 47.0. The zero-order valence-electron chi connectivity index (χ0n) is 87.7. The van der Waals surface area contributed by atoms with Gasteiger partial charge in [0.2, 0.25) is 0 Å². The maximum absolute atomic E-state index is 12.7. The molecule has 6 aromatic carbocycles. The topological polar surface area (TPSA) is 349 Å². The SMILES string of the molecule is C=C(C)[O-].CC(C)(C)[S+](N)[O-].CC(C)(C)[S+]([O-])N=CC1(c2ccc(Cl)cc2)CCC1.CC(C)(O)C[C@H](N)C1(c2ccc(Cl)cc2)CCC1.CC(C)(O)C[C@H](N[S+]([O-])C(C)(C)C)C1(c2ccc(Cl)cc2)CCC1.CCOC(=O)C[C@@H](N[S+]([O-])C(C)(C)C)C1(c2ccc(Cl)cc2)CCC1.CCOC(=O)C[C@H](N[S+]([O-])C(C)(C)C)C1(c2ccc(Cl)cc2)CCC1.Cl.F.O=CC1(c2ccc(Cl)cc2)CCC1.[3HH].[Br-].[CH3-].[Li+].[Mg+2]. The number of allylic oxidation sites excluding steroid dienone is 1. The number of aldehydes is 1. The molecule has 9 atom stereocenters. The number of halogens is 9. The molecule has 19 nitrogen and oxygen atoms in total. The van der Waals surface area contributed by atoms with Gasteiger partial charge in [-0.3, -0.25) is 14.3 Å². The smallest absolute Gasteiger partial charge is 1.00 e. The van der Waals surface area contributed by atoms with Crippen molar-refractivity contribution in [1.29, 1.82) is 0 Å². The van der Waals surface area contributed by atoms with Gasteiger partial charge in [-0.2, -0.15) is 5.14 Å². The van der Waals surface area contributed by atoms with E-state index in [0.29, 0.717) is 36.1 Å². The quantitative estimate of drug-likeness (QED) is 0.00436. The molecule has 0 heterocycles. The summed E-state index contributed by atoms with van der Waals surface area (Å²) >= 11 is 29.7. The van der Waals surface area contributed by atoms with Crippen LogP contribution < -0.4 is 66.0 Å². The van der Waals surface area contributed by atoms with Crippen LogP contribution in [0.5, 0.6) is 0 Å². The monoisotopic (exact) mass is 2260 g/mol. The van der Waals surface area contributed by atoms with E-state index in [4.69, 9.17) is 90.0 Å². The van der Waals surface area contributed by atoms with Crippen LogP contribution in [0, 0.1) is 7.43 Å². The minimum Gasteiger partial charge on any atom is -1.00 e. The van der Waals surface area contributed by atoms with Crippen LogP contribution in [0.4, 0.5) is 4.70 Å². The summed E-state index contributed by atoms with van der Waals surface area (Å²) in [6.07, 6.45) is 23.6. The Bertz CT molecular complexity index is 4530. The molecule has 0 bridgehead atoms. The Hall–Kier alpha value is -1.79. The van der Waals surface area contributed by atoms with E-state index in [1.54, 1.807) is 13.8 Å². The molecule has 6 aliphatic carbocycles. The van der Waals surface area contributed by atoms with Gasteiger partial charge in [-0.1, -0.05) is 192 Å². The summed E-state index contributed by atoms with van der Waals surface area (Å²) in [6, 6.07) is 46.5. The molecule has 6 saturated carbocycles. The molecular weight excluding hydrogens is 2100 g/mol. The molecule has 0 aromatic heterocycles. The molecule has 141 heavy (non-hydrogen) atoms. The molecule has 0 amide bonds. The summed E-state index contributed by atoms with van der Waals surface area (Å²) in [5, 5.41) is 39.1. The van der Waals surface area contributed by atoms with E-state index in [9.17, 15) is 52.5 Å². The van der Waals surface area contributed by atoms with Crippen molar-refractivity contribution >= 4 is 186 Å². The van der Waals surface area contributed by atoms with Crippen LogP contribution in [0.15, 0.2) is 162 Å². The Balaban J connectivity index is -0.00000159. The van der Waals surface area contributed by atoms with Crippen molar-refractivity contribution in [3.8, 4) is 0 Å². The van der Waals surface area contributed by atoms with Crippen LogP contribution >= 0.6 is 82.0 Å². The van der Waals surface area contributed by atoms with E-state index in [2.05, 4.69) is 49.4 Å². The van der Waals surface area contributed by atoms with Gasteiger partial charge in [-0.15, -0.1) is 38.9 Å². The normalized spacial score (nSPS) is 18.3. The number of hydrogen-bond donors (Lipinski definition) is 7. The first-order valence-corrected chi connectivity index (χ1v) is 55.0. The summed E-state index contributed by atoms with van der Waals surface area (Å²) in [5.74, 6) is -0.600. The maximum atomic E-state index is 12.7. The minimum absolute atomic E-state index is 0. The molecule has 0 spiro atoms. The molecule has 12 rings (SSSR count). The number of carbonyl (C=O) groups is 3. The van der Waals surface area contributed by atoms with Crippen LogP contribution in [0.3, 0.4) is 0 Å². The Morgan fingerprint density at radius 3 is 0.858 bits per heavy atom. The molecule has 9 N–H and O–H groups in total. The van der Waals surface area contributed by atoms with Gasteiger partial charge in [0.25, 0.3) is 0 Å². The largest absolute Gasteiger partial charge is 2.00 e. The minimum atomic E-state index is -1.26. The van der Waals surface area contributed by atoms with Crippen molar-refractivity contribution in [3.63, 3.8) is 0 Å². The number of carbonyl (C=O) groups excluding carboxylic acids is 3. The Morgan fingerprint density at radius 2 is 0.667 bits per heavy atom. The summed E-state index contributed by atoms with van der Waals surface area (Å²) in [6.45, 7) is 44.8. The molecule has 35 heteroatoms. The third-order valence-electron chi connectivity index (χ3n) is 25.6. The van der Waals surface area contributed by atoms with Crippen LogP contribution in [0.2, 0.25) is 30.1 Å². The van der Waals surface area contributed by atoms with Gasteiger partial charge in [0, 0.05) is 110 Å². The molecule has 0 saturated heterocycles. The molecule has 6 fully saturated rings. The summed E-state index contributed by atoms with van der Waals surface area (Å²) < 4.78 is 83.3. The van der Waals surface area contributed by atoms with Crippen molar-refractivity contribution in [2.45, 2.75) is 385 Å². The predicted molar refractivity (Wildman–Crippen MR) is 592 cm³/mol. The van der Waals surface area contributed by atoms with Crippen molar-refractivity contribution in [2.75, 3.05) is 13.2 Å². The molecule has 0 aliphatic heterocycles. The van der Waals surface area contributed by atoms with E-state index in [-0.39, 0.29) is 186 Å². The third kappa shape index (κ3) is 44.1. The second kappa shape index (κ2) is 62.4. The van der Waals surface area contributed by atoms with Crippen LogP contribution in [0.1, 0.15) is 328 Å². The molecule has 6 aromatic rings. The van der Waals surface area contributed by atoms with Crippen LogP contribution in [-0.4, -0.2) is 153 Å². The Labute approximate surface area is 937 Å². The average molecular weight is 2270 g/mol. The third-order valence-corrected chi connectivity index (χ3v) is 34.5. The Kier molecular flexibility index (Phi) is 62.5. The fourth-order valence-electron chi connectivity index (χ4n) is 16.7. The fraction of sp³-hybridized carbons (Fsp3) is 0.594. The number of rotatable bonds is 29. The maximum Gasteiger partial charge on any atom is 2.00 e. The molecule has 790 valence electrons. The zero-order valence-corrected chi connectivity index (χ0v) is 100. The van der Waals surface area contributed by atoms with E-state index < -0.39 is 77.5 Å². The molecular formula is C106H162BrCl7FLiMgN6O13S5. The van der Waals surface area contributed by atoms with E-state index in [1.165, 1.54) is 36.5 Å². The molecule has 6 aliphatic rings. The second-order valence-corrected chi connectivity index (χ2v) is 55.1. The summed E-state index contributed by atoms with van der Waals surface area (Å²) in [4.78, 5) is 35.3. The van der Waals surface area contributed by atoms with Gasteiger partial charge in [0.1, 0.15) is 41.4 Å². The van der Waals surface area contributed by atoms with Crippen LogP contribution in [0.25, 0.3) is 0 Å². The summed E-state index contributed by atoms with van der Waals surface area (Å²) in [5.41, 5.74) is 11.2. The van der Waals surface area contributed by atoms with Crippen molar-refractivity contribution in [1.82, 2.24) is 14.2 Å². The average Bonchev–Trinajstić information content (AvgIpc) is 0.746.